The van der Waals surface area contributed by atoms with Gasteiger partial charge in [0.15, 0.2) is 0 Å². The molecule has 16 heavy (non-hydrogen) atoms. The molecule has 1 aromatic rings. The van der Waals surface area contributed by atoms with Crippen molar-refractivity contribution >= 4 is 5.97 Å². The molecule has 0 radical (unpaired) electrons. The minimum absolute atomic E-state index is 0.0201. The van der Waals surface area contributed by atoms with Crippen LogP contribution in [0.1, 0.15) is 12.5 Å². The van der Waals surface area contributed by atoms with E-state index in [1.807, 2.05) is 13.0 Å². The molecule has 1 atom stereocenters. The number of benzene rings is 1. The van der Waals surface area contributed by atoms with Gasteiger partial charge in [0, 0.05) is 5.56 Å². The maximum absolute atomic E-state index is 10.7. The highest BCUT2D eigenvalue weighted by Gasteiger charge is 2.40. The van der Waals surface area contributed by atoms with Crippen molar-refractivity contribution in [1.29, 1.82) is 0 Å². The standard InChI is InChI=1S/C12H14O4/c1-12(8-16-12)7-15-10-5-3-2-4-9(10)6-11(13)14/h2-5H,6-8H2,1H3,(H,13,14)/t12-/m0/s1. The third-order valence-corrected chi connectivity index (χ3v) is 2.48. The predicted octanol–water partition coefficient (Wildman–Crippen LogP) is 1.48. The second-order valence-electron chi connectivity index (χ2n) is 4.21. The molecule has 1 fully saturated rings. The molecule has 1 heterocycles. The fourth-order valence-corrected chi connectivity index (χ4v) is 1.39. The molecule has 1 N–H and O–H groups in total. The zero-order chi connectivity index (χ0) is 11.6. The summed E-state index contributed by atoms with van der Waals surface area (Å²) in [4.78, 5) is 10.7. The molecule has 0 bridgehead atoms. The second-order valence-corrected chi connectivity index (χ2v) is 4.21. The van der Waals surface area contributed by atoms with Crippen LogP contribution >= 0.6 is 0 Å². The lowest BCUT2D eigenvalue weighted by Gasteiger charge is -2.11. The average Bonchev–Trinajstić information content (AvgIpc) is 2.95. The molecule has 1 saturated heterocycles. The van der Waals surface area contributed by atoms with E-state index in [-0.39, 0.29) is 12.0 Å². The minimum atomic E-state index is -0.857. The van der Waals surface area contributed by atoms with E-state index in [0.717, 1.165) is 0 Å². The van der Waals surface area contributed by atoms with Gasteiger partial charge in [-0.15, -0.1) is 0 Å². The Morgan fingerprint density at radius 3 is 2.88 bits per heavy atom. The van der Waals surface area contributed by atoms with Gasteiger partial charge in [0.2, 0.25) is 0 Å². The Morgan fingerprint density at radius 1 is 1.56 bits per heavy atom. The summed E-state index contributed by atoms with van der Waals surface area (Å²) in [5.74, 6) is -0.230. The van der Waals surface area contributed by atoms with E-state index in [2.05, 4.69) is 0 Å². The molecule has 0 aliphatic carbocycles. The van der Waals surface area contributed by atoms with E-state index < -0.39 is 5.97 Å². The number of ether oxygens (including phenoxy) is 2. The van der Waals surface area contributed by atoms with E-state index in [9.17, 15) is 4.79 Å². The normalized spacial score (nSPS) is 22.8. The van der Waals surface area contributed by atoms with Crippen molar-refractivity contribution in [3.05, 3.63) is 29.8 Å². The largest absolute Gasteiger partial charge is 0.490 e. The van der Waals surface area contributed by atoms with Gasteiger partial charge in [-0.1, -0.05) is 18.2 Å². The molecule has 86 valence electrons. The van der Waals surface area contributed by atoms with Crippen LogP contribution in [0.2, 0.25) is 0 Å². The predicted molar refractivity (Wildman–Crippen MR) is 57.6 cm³/mol. The number of aliphatic carboxylic acids is 1. The Morgan fingerprint density at radius 2 is 2.25 bits per heavy atom. The molecule has 0 amide bonds. The number of para-hydroxylation sites is 1. The molecule has 1 aromatic carbocycles. The van der Waals surface area contributed by atoms with Crippen LogP contribution in [0, 0.1) is 0 Å². The number of hydrogen-bond acceptors (Lipinski definition) is 3. The third-order valence-electron chi connectivity index (χ3n) is 2.48. The first kappa shape index (κ1) is 11.0. The summed E-state index contributed by atoms with van der Waals surface area (Å²) in [6.45, 7) is 3.13. The molecule has 2 rings (SSSR count). The Hall–Kier alpha value is -1.55. The van der Waals surface area contributed by atoms with Crippen LogP contribution in [-0.2, 0) is 16.0 Å². The maximum Gasteiger partial charge on any atom is 0.307 e. The quantitative estimate of drug-likeness (QED) is 0.766. The van der Waals surface area contributed by atoms with Crippen LogP contribution in [0.3, 0.4) is 0 Å². The monoisotopic (exact) mass is 222 g/mol. The van der Waals surface area contributed by atoms with Gasteiger partial charge in [0.1, 0.15) is 18.0 Å². The topological polar surface area (TPSA) is 59.1 Å². The Labute approximate surface area is 93.8 Å². The SMILES string of the molecule is C[C@]1(COc2ccccc2CC(=O)O)CO1. The summed E-state index contributed by atoms with van der Waals surface area (Å²) >= 11 is 0. The molecule has 1 aliphatic heterocycles. The van der Waals surface area contributed by atoms with E-state index in [0.29, 0.717) is 24.5 Å². The summed E-state index contributed by atoms with van der Waals surface area (Å²) in [7, 11) is 0. The van der Waals surface area contributed by atoms with Crippen molar-refractivity contribution in [2.24, 2.45) is 0 Å². The van der Waals surface area contributed by atoms with Crippen LogP contribution in [0.4, 0.5) is 0 Å². The lowest BCUT2D eigenvalue weighted by molar-refractivity contribution is -0.136. The van der Waals surface area contributed by atoms with Crippen molar-refractivity contribution < 1.29 is 19.4 Å². The fraction of sp³-hybridized carbons (Fsp3) is 0.417. The van der Waals surface area contributed by atoms with Gasteiger partial charge in [0.25, 0.3) is 0 Å². The molecule has 4 heteroatoms. The van der Waals surface area contributed by atoms with Gasteiger partial charge in [-0.05, 0) is 13.0 Å². The van der Waals surface area contributed by atoms with E-state index in [4.69, 9.17) is 14.6 Å². The number of carbonyl (C=O) groups is 1. The van der Waals surface area contributed by atoms with Crippen LogP contribution in [0.5, 0.6) is 5.75 Å². The first-order chi connectivity index (χ1) is 7.59. The van der Waals surface area contributed by atoms with Gasteiger partial charge >= 0.3 is 5.97 Å². The summed E-state index contributed by atoms with van der Waals surface area (Å²) in [6, 6.07) is 7.18. The zero-order valence-electron chi connectivity index (χ0n) is 9.10. The number of carboxylic acid groups (broad SMARTS) is 1. The Kier molecular flexibility index (Phi) is 2.83. The number of epoxide rings is 1. The van der Waals surface area contributed by atoms with Crippen LogP contribution < -0.4 is 4.74 Å². The van der Waals surface area contributed by atoms with Gasteiger partial charge in [-0.3, -0.25) is 4.79 Å². The molecule has 0 unspecified atom stereocenters. The summed E-state index contributed by atoms with van der Waals surface area (Å²) in [6.07, 6.45) is -0.0201. The molecule has 1 aliphatic rings. The van der Waals surface area contributed by atoms with Crippen LogP contribution in [0.15, 0.2) is 24.3 Å². The summed E-state index contributed by atoms with van der Waals surface area (Å²) in [5.41, 5.74) is 0.510. The highest BCUT2D eigenvalue weighted by molar-refractivity contribution is 5.71. The van der Waals surface area contributed by atoms with Gasteiger partial charge in [0.05, 0.1) is 13.0 Å². The second kappa shape index (κ2) is 4.14. The van der Waals surface area contributed by atoms with Gasteiger partial charge in [-0.25, -0.2) is 0 Å². The smallest absolute Gasteiger partial charge is 0.307 e. The number of carboxylic acids is 1. The van der Waals surface area contributed by atoms with Gasteiger partial charge in [-0.2, -0.15) is 0 Å². The average molecular weight is 222 g/mol. The molecule has 0 saturated carbocycles. The van der Waals surface area contributed by atoms with E-state index in [1.165, 1.54) is 0 Å². The van der Waals surface area contributed by atoms with E-state index in [1.54, 1.807) is 18.2 Å². The number of hydrogen-bond donors (Lipinski definition) is 1. The highest BCUT2D eigenvalue weighted by Crippen LogP contribution is 2.28. The van der Waals surface area contributed by atoms with Gasteiger partial charge < -0.3 is 14.6 Å². The van der Waals surface area contributed by atoms with Crippen molar-refractivity contribution in [3.63, 3.8) is 0 Å². The molecule has 0 aromatic heterocycles. The molecule has 4 nitrogen and oxygen atoms in total. The zero-order valence-corrected chi connectivity index (χ0v) is 9.10. The summed E-state index contributed by atoms with van der Waals surface area (Å²) < 4.78 is 10.8. The highest BCUT2D eigenvalue weighted by atomic mass is 16.6. The Bertz CT molecular complexity index is 396. The van der Waals surface area contributed by atoms with Crippen molar-refractivity contribution in [2.75, 3.05) is 13.2 Å². The molecular formula is C12H14O4. The molecular weight excluding hydrogens is 208 g/mol. The fourth-order valence-electron chi connectivity index (χ4n) is 1.39. The maximum atomic E-state index is 10.7. The Balaban J connectivity index is 2.03. The minimum Gasteiger partial charge on any atom is -0.490 e. The van der Waals surface area contributed by atoms with Crippen LogP contribution in [-0.4, -0.2) is 29.9 Å². The lowest BCUT2D eigenvalue weighted by atomic mass is 10.1. The number of rotatable bonds is 5. The van der Waals surface area contributed by atoms with Crippen LogP contribution in [0.25, 0.3) is 0 Å². The molecule has 0 spiro atoms. The van der Waals surface area contributed by atoms with Crippen molar-refractivity contribution in [1.82, 2.24) is 0 Å². The summed E-state index contributed by atoms with van der Waals surface area (Å²) in [5, 5.41) is 8.75. The first-order valence-corrected chi connectivity index (χ1v) is 5.15. The van der Waals surface area contributed by atoms with Crippen molar-refractivity contribution in [2.45, 2.75) is 18.9 Å². The lowest BCUT2D eigenvalue weighted by Crippen LogP contribution is -2.17. The third kappa shape index (κ3) is 2.73. The first-order valence-electron chi connectivity index (χ1n) is 5.15. The van der Waals surface area contributed by atoms with E-state index >= 15 is 0 Å². The van der Waals surface area contributed by atoms with Crippen molar-refractivity contribution in [3.8, 4) is 5.75 Å².